The predicted octanol–water partition coefficient (Wildman–Crippen LogP) is 3.69. The molecule has 0 atom stereocenters. The van der Waals surface area contributed by atoms with Crippen molar-refractivity contribution in [1.82, 2.24) is 9.62 Å². The number of carbonyl (C=O) groups is 1. The molecule has 32 heavy (non-hydrogen) atoms. The van der Waals surface area contributed by atoms with E-state index in [9.17, 15) is 13.2 Å². The number of nitrogens with zero attached hydrogens (tertiary/aromatic N) is 1. The Bertz CT molecular complexity index is 1040. The minimum atomic E-state index is -3.66. The Hall–Kier alpha value is -2.58. The number of methoxy groups -OCH3 is 1. The van der Waals surface area contributed by atoms with E-state index in [0.29, 0.717) is 25.4 Å². The van der Waals surface area contributed by atoms with Crippen LogP contribution in [0, 0.1) is 13.8 Å². The zero-order valence-corrected chi connectivity index (χ0v) is 19.8. The summed E-state index contributed by atoms with van der Waals surface area (Å²) in [5.41, 5.74) is 2.31. The Morgan fingerprint density at radius 2 is 1.72 bits per heavy atom. The molecule has 0 saturated carbocycles. The van der Waals surface area contributed by atoms with Gasteiger partial charge in [-0.25, -0.2) is 8.42 Å². The zero-order valence-electron chi connectivity index (χ0n) is 19.0. The largest absolute Gasteiger partial charge is 0.496 e. The summed E-state index contributed by atoms with van der Waals surface area (Å²) in [4.78, 5) is 12.9. The second-order valence-corrected chi connectivity index (χ2v) is 9.99. The molecule has 0 aromatic heterocycles. The van der Waals surface area contributed by atoms with Gasteiger partial charge in [0.25, 0.3) is 5.91 Å². The normalized spacial score (nSPS) is 15.1. The number of rotatable bonds is 8. The first-order valence-electron chi connectivity index (χ1n) is 11.0. The number of nitrogens with one attached hydrogen (secondary N) is 1. The summed E-state index contributed by atoms with van der Waals surface area (Å²) in [6.07, 6.45) is 3.77. The number of carbonyl (C=O) groups excluding carboxylic acids is 1. The van der Waals surface area contributed by atoms with E-state index >= 15 is 0 Å². The van der Waals surface area contributed by atoms with E-state index in [1.807, 2.05) is 32.0 Å². The first kappa shape index (κ1) is 24.1. The van der Waals surface area contributed by atoms with Gasteiger partial charge < -0.3 is 14.8 Å². The molecule has 1 aliphatic heterocycles. The Labute approximate surface area is 190 Å². The summed E-state index contributed by atoms with van der Waals surface area (Å²) in [7, 11) is -2.21. The summed E-state index contributed by atoms with van der Waals surface area (Å²) in [5, 5.41) is 2.79. The molecule has 0 spiro atoms. The lowest BCUT2D eigenvalue weighted by Crippen LogP contribution is -2.32. The fraction of sp³-hybridized carbons (Fsp3) is 0.458. The number of sulfonamides is 1. The monoisotopic (exact) mass is 460 g/mol. The molecular weight excluding hydrogens is 428 g/mol. The predicted molar refractivity (Wildman–Crippen MR) is 124 cm³/mol. The van der Waals surface area contributed by atoms with Crippen LogP contribution < -0.4 is 14.8 Å². The molecule has 0 radical (unpaired) electrons. The van der Waals surface area contributed by atoms with Crippen LogP contribution in [0.4, 0.5) is 0 Å². The van der Waals surface area contributed by atoms with E-state index in [2.05, 4.69) is 5.32 Å². The van der Waals surface area contributed by atoms with Gasteiger partial charge in [-0.05, 0) is 62.1 Å². The van der Waals surface area contributed by atoms with Gasteiger partial charge in [0.1, 0.15) is 18.1 Å². The van der Waals surface area contributed by atoms with E-state index in [-0.39, 0.29) is 17.0 Å². The maximum Gasteiger partial charge on any atom is 0.255 e. The molecule has 1 heterocycles. The average molecular weight is 461 g/mol. The van der Waals surface area contributed by atoms with Gasteiger partial charge in [0.2, 0.25) is 10.0 Å². The minimum Gasteiger partial charge on any atom is -0.496 e. The van der Waals surface area contributed by atoms with Gasteiger partial charge in [-0.2, -0.15) is 4.31 Å². The fourth-order valence-corrected chi connectivity index (χ4v) is 5.28. The van der Waals surface area contributed by atoms with Crippen LogP contribution in [0.15, 0.2) is 41.3 Å². The van der Waals surface area contributed by atoms with Crippen LogP contribution in [0.1, 0.15) is 47.2 Å². The topological polar surface area (TPSA) is 84.9 Å². The molecule has 0 bridgehead atoms. The lowest BCUT2D eigenvalue weighted by atomic mass is 10.1. The highest BCUT2D eigenvalue weighted by Crippen LogP contribution is 2.26. The molecule has 8 heteroatoms. The first-order chi connectivity index (χ1) is 15.3. The Morgan fingerprint density at radius 1 is 1.00 bits per heavy atom. The van der Waals surface area contributed by atoms with Crippen molar-refractivity contribution < 1.29 is 22.7 Å². The Kier molecular flexibility index (Phi) is 8.15. The van der Waals surface area contributed by atoms with Crippen LogP contribution in [0.25, 0.3) is 0 Å². The smallest absolute Gasteiger partial charge is 0.255 e. The highest BCUT2D eigenvalue weighted by molar-refractivity contribution is 7.89. The van der Waals surface area contributed by atoms with E-state index in [0.717, 1.165) is 42.6 Å². The van der Waals surface area contributed by atoms with Crippen molar-refractivity contribution in [1.29, 1.82) is 0 Å². The van der Waals surface area contributed by atoms with Crippen molar-refractivity contribution in [2.24, 2.45) is 0 Å². The van der Waals surface area contributed by atoms with E-state index in [4.69, 9.17) is 9.47 Å². The number of aryl methyl sites for hydroxylation is 2. The molecule has 1 amide bonds. The third-order valence-corrected chi connectivity index (χ3v) is 7.50. The Morgan fingerprint density at radius 3 is 2.41 bits per heavy atom. The van der Waals surface area contributed by atoms with Crippen molar-refractivity contribution in [2.45, 2.75) is 44.4 Å². The van der Waals surface area contributed by atoms with Crippen LogP contribution >= 0.6 is 0 Å². The number of ether oxygens (including phenoxy) is 2. The number of hydrogen-bond donors (Lipinski definition) is 1. The molecular formula is C24H32N2O5S. The molecule has 2 aromatic rings. The van der Waals surface area contributed by atoms with Crippen LogP contribution in [-0.4, -0.2) is 52.0 Å². The van der Waals surface area contributed by atoms with Crippen LogP contribution in [-0.2, 0) is 10.0 Å². The van der Waals surface area contributed by atoms with Gasteiger partial charge in [0.15, 0.2) is 0 Å². The minimum absolute atomic E-state index is 0.108. The van der Waals surface area contributed by atoms with Crippen molar-refractivity contribution in [3.05, 3.63) is 53.1 Å². The number of hydrogen-bond acceptors (Lipinski definition) is 5. The average Bonchev–Trinajstić information content (AvgIpc) is 3.08. The van der Waals surface area contributed by atoms with Gasteiger partial charge in [0, 0.05) is 13.1 Å². The molecule has 7 nitrogen and oxygen atoms in total. The van der Waals surface area contributed by atoms with Gasteiger partial charge in [0.05, 0.1) is 24.1 Å². The van der Waals surface area contributed by atoms with E-state index < -0.39 is 15.9 Å². The molecule has 1 N–H and O–H groups in total. The molecule has 1 saturated heterocycles. The standard InChI is InChI=1S/C24H32N2O5S/c1-18-8-9-19(2)23(16-18)31-15-12-25-24(27)21-17-20(10-11-22(21)30-3)32(28,29)26-13-6-4-5-7-14-26/h8-11,16-17H,4-7,12-15H2,1-3H3,(H,25,27). The lowest BCUT2D eigenvalue weighted by Gasteiger charge is -2.20. The lowest BCUT2D eigenvalue weighted by molar-refractivity contribution is 0.0943. The third-order valence-electron chi connectivity index (χ3n) is 5.61. The summed E-state index contributed by atoms with van der Waals surface area (Å²) in [5.74, 6) is 0.703. The quantitative estimate of drug-likeness (QED) is 0.608. The highest BCUT2D eigenvalue weighted by atomic mass is 32.2. The van der Waals surface area contributed by atoms with Crippen molar-refractivity contribution in [3.8, 4) is 11.5 Å². The second kappa shape index (κ2) is 10.8. The van der Waals surface area contributed by atoms with Gasteiger partial charge >= 0.3 is 0 Å². The third kappa shape index (κ3) is 5.81. The van der Waals surface area contributed by atoms with Gasteiger partial charge in [-0.1, -0.05) is 25.0 Å². The summed E-state index contributed by atoms with van der Waals surface area (Å²) in [6, 6.07) is 10.4. The maximum absolute atomic E-state index is 13.1. The van der Waals surface area contributed by atoms with Crippen LogP contribution in [0.5, 0.6) is 11.5 Å². The number of amides is 1. The van der Waals surface area contributed by atoms with Crippen LogP contribution in [0.2, 0.25) is 0 Å². The number of benzene rings is 2. The molecule has 174 valence electrons. The molecule has 0 aliphatic carbocycles. The van der Waals surface area contributed by atoms with Crippen molar-refractivity contribution in [2.75, 3.05) is 33.4 Å². The maximum atomic E-state index is 13.1. The zero-order chi connectivity index (χ0) is 23.1. The SMILES string of the molecule is COc1ccc(S(=O)(=O)N2CCCCCC2)cc1C(=O)NCCOc1cc(C)ccc1C. The summed E-state index contributed by atoms with van der Waals surface area (Å²) in [6.45, 7) is 5.54. The molecule has 3 rings (SSSR count). The second-order valence-electron chi connectivity index (χ2n) is 8.05. The molecule has 0 unspecified atom stereocenters. The van der Waals surface area contributed by atoms with E-state index in [1.165, 1.54) is 29.6 Å². The van der Waals surface area contributed by atoms with Gasteiger partial charge in [-0.3, -0.25) is 4.79 Å². The molecule has 1 aliphatic rings. The highest BCUT2D eigenvalue weighted by Gasteiger charge is 2.27. The van der Waals surface area contributed by atoms with Gasteiger partial charge in [-0.15, -0.1) is 0 Å². The summed E-state index contributed by atoms with van der Waals surface area (Å²) >= 11 is 0. The summed E-state index contributed by atoms with van der Waals surface area (Å²) < 4.78 is 38.8. The van der Waals surface area contributed by atoms with Crippen molar-refractivity contribution >= 4 is 15.9 Å². The Balaban J connectivity index is 1.69. The fourth-order valence-electron chi connectivity index (χ4n) is 3.74. The molecule has 2 aromatic carbocycles. The first-order valence-corrected chi connectivity index (χ1v) is 12.4. The van der Waals surface area contributed by atoms with Crippen molar-refractivity contribution in [3.63, 3.8) is 0 Å². The van der Waals surface area contributed by atoms with Crippen LogP contribution in [0.3, 0.4) is 0 Å². The molecule has 1 fully saturated rings. The van der Waals surface area contributed by atoms with E-state index in [1.54, 1.807) is 0 Å².